The summed E-state index contributed by atoms with van der Waals surface area (Å²) in [4.78, 5) is 8.62. The van der Waals surface area contributed by atoms with Crippen molar-refractivity contribution in [2.45, 2.75) is 20.0 Å². The van der Waals surface area contributed by atoms with Crippen molar-refractivity contribution < 1.29 is 9.47 Å². The third kappa shape index (κ3) is 5.37. The Bertz CT molecular complexity index is 944. The number of nitrogens with zero attached hydrogens (tertiary/aromatic N) is 4. The topological polar surface area (TPSA) is 85.6 Å². The molecule has 29 heavy (non-hydrogen) atoms. The van der Waals surface area contributed by atoms with Gasteiger partial charge in [0.1, 0.15) is 12.7 Å². The van der Waals surface area contributed by atoms with Gasteiger partial charge in [-0.2, -0.15) is 5.10 Å². The second-order valence-corrected chi connectivity index (χ2v) is 6.24. The third-order valence-corrected chi connectivity index (χ3v) is 4.28. The Kier molecular flexibility index (Phi) is 7.28. The van der Waals surface area contributed by atoms with Crippen LogP contribution in [-0.2, 0) is 13.1 Å². The fourth-order valence-corrected chi connectivity index (χ4v) is 2.85. The van der Waals surface area contributed by atoms with E-state index < -0.39 is 0 Å². The molecule has 0 saturated heterocycles. The van der Waals surface area contributed by atoms with Crippen molar-refractivity contribution >= 4 is 29.9 Å². The van der Waals surface area contributed by atoms with Gasteiger partial charge in [0.05, 0.1) is 12.2 Å². The second kappa shape index (κ2) is 10.1. The zero-order valence-electron chi connectivity index (χ0n) is 16.0. The van der Waals surface area contributed by atoms with Crippen LogP contribution in [-0.4, -0.2) is 34.1 Å². The highest BCUT2D eigenvalue weighted by Gasteiger charge is 2.13. The lowest BCUT2D eigenvalue weighted by Crippen LogP contribution is -2.36. The molecule has 0 unspecified atom stereocenters. The van der Waals surface area contributed by atoms with Crippen molar-refractivity contribution in [3.63, 3.8) is 0 Å². The number of fused-ring (bicyclic) bond motifs is 1. The highest BCUT2D eigenvalue weighted by Crippen LogP contribution is 2.32. The Labute approximate surface area is 186 Å². The van der Waals surface area contributed by atoms with Gasteiger partial charge in [0.15, 0.2) is 17.5 Å². The van der Waals surface area contributed by atoms with Gasteiger partial charge in [0.2, 0.25) is 6.79 Å². The van der Waals surface area contributed by atoms with E-state index in [1.807, 2.05) is 37.3 Å². The molecule has 1 aliphatic heterocycles. The van der Waals surface area contributed by atoms with Gasteiger partial charge < -0.3 is 20.1 Å². The standard InChI is InChI=1S/C20H22N6O2.HI/c1-2-22-20(24-11-16-5-8-18-19(9-16)28-14-27-18)23-10-15-3-6-17(7-4-15)26-13-21-12-25-26;/h3-9,12-13H,2,10-11,14H2,1H3,(H2,22,23,24);1H. The first-order valence-electron chi connectivity index (χ1n) is 9.16. The highest BCUT2D eigenvalue weighted by atomic mass is 127. The van der Waals surface area contributed by atoms with E-state index in [1.54, 1.807) is 11.0 Å². The molecule has 8 nitrogen and oxygen atoms in total. The lowest BCUT2D eigenvalue weighted by Gasteiger charge is -2.12. The van der Waals surface area contributed by atoms with Crippen molar-refractivity contribution in [3.05, 3.63) is 66.2 Å². The molecular formula is C20H23IN6O2. The Hall–Kier alpha value is -2.82. The number of ether oxygens (including phenoxy) is 2. The fraction of sp³-hybridized carbons (Fsp3) is 0.250. The SMILES string of the molecule is CCNC(=NCc1ccc2c(c1)OCO2)NCc1ccc(-n2cncn2)cc1.I. The van der Waals surface area contributed by atoms with Crippen LogP contribution in [0.25, 0.3) is 5.69 Å². The van der Waals surface area contributed by atoms with Crippen molar-refractivity contribution in [3.8, 4) is 17.2 Å². The molecule has 0 spiro atoms. The highest BCUT2D eigenvalue weighted by molar-refractivity contribution is 14.0. The molecule has 2 aromatic carbocycles. The molecule has 3 aromatic rings. The first-order valence-corrected chi connectivity index (χ1v) is 9.16. The van der Waals surface area contributed by atoms with Gasteiger partial charge in [0, 0.05) is 13.1 Å². The molecule has 0 atom stereocenters. The van der Waals surface area contributed by atoms with E-state index >= 15 is 0 Å². The van der Waals surface area contributed by atoms with E-state index in [9.17, 15) is 0 Å². The Balaban J connectivity index is 0.00000240. The van der Waals surface area contributed by atoms with Gasteiger partial charge in [-0.05, 0) is 42.3 Å². The van der Waals surface area contributed by atoms with E-state index in [4.69, 9.17) is 9.47 Å². The lowest BCUT2D eigenvalue weighted by atomic mass is 10.2. The summed E-state index contributed by atoms with van der Waals surface area (Å²) < 4.78 is 12.5. The van der Waals surface area contributed by atoms with E-state index in [1.165, 1.54) is 6.33 Å². The lowest BCUT2D eigenvalue weighted by molar-refractivity contribution is 0.174. The van der Waals surface area contributed by atoms with Gasteiger partial charge in [-0.15, -0.1) is 24.0 Å². The van der Waals surface area contributed by atoms with Crippen LogP contribution in [0.3, 0.4) is 0 Å². The number of nitrogens with one attached hydrogen (secondary N) is 2. The molecule has 0 saturated carbocycles. The van der Waals surface area contributed by atoms with Crippen molar-refractivity contribution in [1.82, 2.24) is 25.4 Å². The quantitative estimate of drug-likeness (QED) is 0.304. The average Bonchev–Trinajstić information content (AvgIpc) is 3.42. The second-order valence-electron chi connectivity index (χ2n) is 6.24. The van der Waals surface area contributed by atoms with Crippen LogP contribution in [0.5, 0.6) is 11.5 Å². The maximum Gasteiger partial charge on any atom is 0.231 e. The number of rotatable bonds is 6. The van der Waals surface area contributed by atoms with Gasteiger partial charge in [-0.25, -0.2) is 14.7 Å². The Morgan fingerprint density at radius 1 is 1.07 bits per heavy atom. The monoisotopic (exact) mass is 506 g/mol. The van der Waals surface area contributed by atoms with Crippen LogP contribution < -0.4 is 20.1 Å². The molecule has 2 N–H and O–H groups in total. The smallest absolute Gasteiger partial charge is 0.231 e. The first-order chi connectivity index (χ1) is 13.8. The minimum atomic E-state index is 0. The number of guanidine groups is 1. The van der Waals surface area contributed by atoms with Crippen molar-refractivity contribution in [1.29, 1.82) is 0 Å². The van der Waals surface area contributed by atoms with E-state index in [0.717, 1.165) is 40.8 Å². The summed E-state index contributed by atoms with van der Waals surface area (Å²) >= 11 is 0. The normalized spacial score (nSPS) is 12.4. The van der Waals surface area contributed by atoms with Crippen LogP contribution in [0.4, 0.5) is 0 Å². The summed E-state index contributed by atoms with van der Waals surface area (Å²) in [5.74, 6) is 2.32. The van der Waals surface area contributed by atoms with Gasteiger partial charge in [-0.1, -0.05) is 18.2 Å². The number of aromatic nitrogens is 3. The molecular weight excluding hydrogens is 483 g/mol. The van der Waals surface area contributed by atoms with Crippen molar-refractivity contribution in [2.75, 3.05) is 13.3 Å². The summed E-state index contributed by atoms with van der Waals surface area (Å²) in [7, 11) is 0. The number of aliphatic imine (C=N–C) groups is 1. The summed E-state index contributed by atoms with van der Waals surface area (Å²) in [5, 5.41) is 10.8. The maximum absolute atomic E-state index is 5.42. The van der Waals surface area contributed by atoms with Crippen LogP contribution >= 0.6 is 24.0 Å². The molecule has 4 rings (SSSR count). The van der Waals surface area contributed by atoms with Crippen LogP contribution in [0.15, 0.2) is 60.1 Å². The molecule has 0 amide bonds. The zero-order chi connectivity index (χ0) is 19.2. The summed E-state index contributed by atoms with van der Waals surface area (Å²) in [6, 6.07) is 14.0. The predicted molar refractivity (Wildman–Crippen MR) is 121 cm³/mol. The summed E-state index contributed by atoms with van der Waals surface area (Å²) in [6.45, 7) is 4.34. The third-order valence-electron chi connectivity index (χ3n) is 4.28. The maximum atomic E-state index is 5.42. The van der Waals surface area contributed by atoms with E-state index in [-0.39, 0.29) is 30.8 Å². The summed E-state index contributed by atoms with van der Waals surface area (Å²) in [6.07, 6.45) is 3.20. The molecule has 1 aliphatic rings. The van der Waals surface area contributed by atoms with Crippen LogP contribution in [0.1, 0.15) is 18.1 Å². The molecule has 1 aromatic heterocycles. The molecule has 0 fully saturated rings. The molecule has 2 heterocycles. The van der Waals surface area contributed by atoms with E-state index in [0.29, 0.717) is 13.1 Å². The molecule has 0 bridgehead atoms. The first kappa shape index (κ1) is 20.9. The van der Waals surface area contributed by atoms with Crippen molar-refractivity contribution in [2.24, 2.45) is 4.99 Å². The minimum Gasteiger partial charge on any atom is -0.454 e. The number of hydrogen-bond donors (Lipinski definition) is 2. The van der Waals surface area contributed by atoms with Crippen LogP contribution in [0, 0.1) is 0 Å². The largest absolute Gasteiger partial charge is 0.454 e. The molecule has 0 radical (unpaired) electrons. The molecule has 152 valence electrons. The van der Waals surface area contributed by atoms with Gasteiger partial charge in [-0.3, -0.25) is 0 Å². The van der Waals surface area contributed by atoms with Crippen LogP contribution in [0.2, 0.25) is 0 Å². The van der Waals surface area contributed by atoms with Gasteiger partial charge >= 0.3 is 0 Å². The predicted octanol–water partition coefficient (Wildman–Crippen LogP) is 2.87. The Morgan fingerprint density at radius 3 is 2.62 bits per heavy atom. The van der Waals surface area contributed by atoms with E-state index in [2.05, 4.69) is 37.8 Å². The number of hydrogen-bond acceptors (Lipinski definition) is 5. The Morgan fingerprint density at radius 2 is 1.86 bits per heavy atom. The molecule has 9 heteroatoms. The minimum absolute atomic E-state index is 0. The van der Waals surface area contributed by atoms with Gasteiger partial charge in [0.25, 0.3) is 0 Å². The summed E-state index contributed by atoms with van der Waals surface area (Å²) in [5.41, 5.74) is 3.20. The fourth-order valence-electron chi connectivity index (χ4n) is 2.85. The number of benzene rings is 2. The molecule has 0 aliphatic carbocycles. The average molecular weight is 506 g/mol. The zero-order valence-corrected chi connectivity index (χ0v) is 18.4. The number of halogens is 1.